The smallest absolute Gasteiger partial charge is 0.0335 e. The van der Waals surface area contributed by atoms with Crippen molar-refractivity contribution in [3.05, 3.63) is 0 Å². The van der Waals surface area contributed by atoms with E-state index in [2.05, 4.69) is 41.2 Å². The number of likely N-dealkylation sites (N-methyl/N-ethyl adjacent to an activating group) is 2. The molecule has 1 fully saturated rings. The second kappa shape index (κ2) is 6.87. The molecular formula is C12H24N4. The molecule has 1 rings (SSSR count). The van der Waals surface area contributed by atoms with Crippen molar-refractivity contribution in [3.8, 4) is 11.8 Å². The van der Waals surface area contributed by atoms with Gasteiger partial charge in [0.15, 0.2) is 0 Å². The highest BCUT2D eigenvalue weighted by atomic mass is 15.3. The molecule has 0 saturated carbocycles. The number of piperazine rings is 1. The van der Waals surface area contributed by atoms with Crippen molar-refractivity contribution >= 4 is 0 Å². The summed E-state index contributed by atoms with van der Waals surface area (Å²) in [5.41, 5.74) is 2.87. The first-order chi connectivity index (χ1) is 7.67. The molecule has 0 radical (unpaired) electrons. The summed E-state index contributed by atoms with van der Waals surface area (Å²) in [6.45, 7) is 5.28. The largest absolute Gasteiger partial charge is 0.304 e. The molecule has 2 atom stereocenters. The maximum Gasteiger partial charge on any atom is 0.0335 e. The third kappa shape index (κ3) is 4.11. The number of nitrogens with one attached hydrogen (secondary N) is 1. The average molecular weight is 224 g/mol. The highest BCUT2D eigenvalue weighted by Gasteiger charge is 2.24. The molecule has 4 heteroatoms. The maximum atomic E-state index is 5.56. The Labute approximate surface area is 99.1 Å². The lowest BCUT2D eigenvalue weighted by Crippen LogP contribution is -2.52. The fourth-order valence-electron chi connectivity index (χ4n) is 2.12. The predicted molar refractivity (Wildman–Crippen MR) is 67.7 cm³/mol. The van der Waals surface area contributed by atoms with Crippen LogP contribution in [-0.2, 0) is 0 Å². The summed E-state index contributed by atoms with van der Waals surface area (Å²) in [7, 11) is 4.37. The first-order valence-corrected chi connectivity index (χ1v) is 5.92. The molecule has 1 saturated heterocycles. The number of nitrogens with zero attached hydrogens (tertiary/aromatic N) is 2. The normalized spacial score (nSPS) is 24.9. The fourth-order valence-corrected chi connectivity index (χ4v) is 2.12. The minimum atomic E-state index is 0.298. The summed E-state index contributed by atoms with van der Waals surface area (Å²) < 4.78 is 0. The standard InChI is InChI=1S/C12H24N4/c1-4-5-6-11(14-13)9-12-10-15(2)7-8-16(12)3/h11-12,14H,6-10,13H2,1-3H3. The fraction of sp³-hybridized carbons (Fsp3) is 0.833. The molecule has 0 aromatic rings. The average Bonchev–Trinajstić information content (AvgIpc) is 2.28. The molecule has 1 aliphatic rings. The van der Waals surface area contributed by atoms with E-state index in [1.165, 1.54) is 0 Å². The van der Waals surface area contributed by atoms with Crippen molar-refractivity contribution in [3.63, 3.8) is 0 Å². The monoisotopic (exact) mass is 224 g/mol. The van der Waals surface area contributed by atoms with Crippen LogP contribution in [0.3, 0.4) is 0 Å². The zero-order valence-electron chi connectivity index (χ0n) is 10.7. The van der Waals surface area contributed by atoms with Crippen molar-refractivity contribution < 1.29 is 0 Å². The Kier molecular flexibility index (Phi) is 5.78. The predicted octanol–water partition coefficient (Wildman–Crippen LogP) is -0.132. The van der Waals surface area contributed by atoms with E-state index >= 15 is 0 Å². The Morgan fingerprint density at radius 3 is 2.81 bits per heavy atom. The number of hydrogen-bond acceptors (Lipinski definition) is 4. The molecule has 0 aliphatic carbocycles. The molecule has 0 aromatic heterocycles. The minimum absolute atomic E-state index is 0.298. The quantitative estimate of drug-likeness (QED) is 0.397. The molecule has 4 nitrogen and oxygen atoms in total. The van der Waals surface area contributed by atoms with Crippen LogP contribution in [0.5, 0.6) is 0 Å². The van der Waals surface area contributed by atoms with Gasteiger partial charge >= 0.3 is 0 Å². The number of hydrazine groups is 1. The molecule has 0 spiro atoms. The molecule has 0 bridgehead atoms. The van der Waals surface area contributed by atoms with Crippen molar-refractivity contribution in [1.82, 2.24) is 15.2 Å². The lowest BCUT2D eigenvalue weighted by Gasteiger charge is -2.39. The van der Waals surface area contributed by atoms with Crippen LogP contribution >= 0.6 is 0 Å². The lowest BCUT2D eigenvalue weighted by atomic mass is 10.0. The van der Waals surface area contributed by atoms with Crippen LogP contribution in [0.25, 0.3) is 0 Å². The van der Waals surface area contributed by atoms with E-state index in [1.807, 2.05) is 6.92 Å². The Hall–Kier alpha value is -0.600. The van der Waals surface area contributed by atoms with Crippen LogP contribution in [0, 0.1) is 11.8 Å². The van der Waals surface area contributed by atoms with E-state index in [1.54, 1.807) is 0 Å². The number of rotatable bonds is 4. The molecule has 3 N–H and O–H groups in total. The van der Waals surface area contributed by atoms with E-state index in [0.717, 1.165) is 32.5 Å². The van der Waals surface area contributed by atoms with Crippen LogP contribution in [0.2, 0.25) is 0 Å². The molecule has 16 heavy (non-hydrogen) atoms. The van der Waals surface area contributed by atoms with Crippen LogP contribution in [0.15, 0.2) is 0 Å². The van der Waals surface area contributed by atoms with Gasteiger partial charge in [-0.05, 0) is 27.4 Å². The van der Waals surface area contributed by atoms with Crippen LogP contribution in [0.1, 0.15) is 19.8 Å². The summed E-state index contributed by atoms with van der Waals surface area (Å²) in [6, 6.07) is 0.879. The highest BCUT2D eigenvalue weighted by Crippen LogP contribution is 2.12. The minimum Gasteiger partial charge on any atom is -0.304 e. The van der Waals surface area contributed by atoms with Gasteiger partial charge in [-0.25, -0.2) is 0 Å². The summed E-state index contributed by atoms with van der Waals surface area (Å²) in [5.74, 6) is 11.6. The van der Waals surface area contributed by atoms with Gasteiger partial charge in [-0.2, -0.15) is 0 Å². The van der Waals surface area contributed by atoms with Gasteiger partial charge in [0.2, 0.25) is 0 Å². The van der Waals surface area contributed by atoms with Gasteiger partial charge in [0.25, 0.3) is 0 Å². The van der Waals surface area contributed by atoms with Gasteiger partial charge in [0, 0.05) is 38.1 Å². The van der Waals surface area contributed by atoms with Gasteiger partial charge in [-0.15, -0.1) is 11.8 Å². The second-order valence-corrected chi connectivity index (χ2v) is 4.63. The first kappa shape index (κ1) is 13.5. The number of nitrogens with two attached hydrogens (primary N) is 1. The van der Waals surface area contributed by atoms with Crippen molar-refractivity contribution in [2.75, 3.05) is 33.7 Å². The zero-order valence-corrected chi connectivity index (χ0v) is 10.7. The Morgan fingerprint density at radius 1 is 1.44 bits per heavy atom. The summed E-state index contributed by atoms with van der Waals surface area (Å²) in [4.78, 5) is 4.80. The summed E-state index contributed by atoms with van der Waals surface area (Å²) >= 11 is 0. The third-order valence-electron chi connectivity index (χ3n) is 3.30. The van der Waals surface area contributed by atoms with Crippen LogP contribution < -0.4 is 11.3 Å². The molecule has 92 valence electrons. The Bertz CT molecular complexity index is 255. The van der Waals surface area contributed by atoms with Crippen molar-refractivity contribution in [1.29, 1.82) is 0 Å². The van der Waals surface area contributed by atoms with Gasteiger partial charge < -0.3 is 9.80 Å². The Morgan fingerprint density at radius 2 is 2.19 bits per heavy atom. The van der Waals surface area contributed by atoms with Gasteiger partial charge in [0.1, 0.15) is 0 Å². The lowest BCUT2D eigenvalue weighted by molar-refractivity contribution is 0.101. The topological polar surface area (TPSA) is 44.5 Å². The second-order valence-electron chi connectivity index (χ2n) is 4.63. The third-order valence-corrected chi connectivity index (χ3v) is 3.30. The van der Waals surface area contributed by atoms with Crippen molar-refractivity contribution in [2.24, 2.45) is 5.84 Å². The molecule has 1 aliphatic heterocycles. The Balaban J connectivity index is 2.44. The highest BCUT2D eigenvalue weighted by molar-refractivity contribution is 4.99. The van der Waals surface area contributed by atoms with E-state index in [9.17, 15) is 0 Å². The molecule has 0 aromatic carbocycles. The molecule has 2 unspecified atom stereocenters. The zero-order chi connectivity index (χ0) is 12.0. The van der Waals surface area contributed by atoms with Crippen LogP contribution in [-0.4, -0.2) is 55.6 Å². The van der Waals surface area contributed by atoms with Gasteiger partial charge in [-0.1, -0.05) is 0 Å². The summed E-state index contributed by atoms with van der Waals surface area (Å²) in [6.07, 6.45) is 1.90. The molecular weight excluding hydrogens is 200 g/mol. The summed E-state index contributed by atoms with van der Waals surface area (Å²) in [5, 5.41) is 0. The SMILES string of the molecule is CC#CCC(CC1CN(C)CCN1C)NN. The van der Waals surface area contributed by atoms with Gasteiger partial charge in [-0.3, -0.25) is 11.3 Å². The molecule has 0 amide bonds. The maximum absolute atomic E-state index is 5.56. The van der Waals surface area contributed by atoms with Gasteiger partial charge in [0.05, 0.1) is 0 Å². The van der Waals surface area contributed by atoms with E-state index in [4.69, 9.17) is 5.84 Å². The van der Waals surface area contributed by atoms with E-state index in [-0.39, 0.29) is 0 Å². The van der Waals surface area contributed by atoms with E-state index < -0.39 is 0 Å². The molecule has 1 heterocycles. The van der Waals surface area contributed by atoms with E-state index in [0.29, 0.717) is 12.1 Å². The number of hydrogen-bond donors (Lipinski definition) is 2. The van der Waals surface area contributed by atoms with Crippen molar-refractivity contribution in [2.45, 2.75) is 31.8 Å². The first-order valence-electron chi connectivity index (χ1n) is 5.92. The van der Waals surface area contributed by atoms with Crippen LogP contribution in [0.4, 0.5) is 0 Å².